The lowest BCUT2D eigenvalue weighted by Gasteiger charge is -2.16. The van der Waals surface area contributed by atoms with E-state index in [2.05, 4.69) is 19.4 Å². The fraction of sp³-hybridized carbons (Fsp3) is 0.250. The van der Waals surface area contributed by atoms with Crippen molar-refractivity contribution in [1.29, 1.82) is 0 Å². The molecule has 0 radical (unpaired) electrons. The summed E-state index contributed by atoms with van der Waals surface area (Å²) in [6, 6.07) is 4.11. The smallest absolute Gasteiger partial charge is 0.269 e. The fourth-order valence-corrected chi connectivity index (χ4v) is 4.40. The van der Waals surface area contributed by atoms with Crippen LogP contribution < -0.4 is 15.8 Å². The van der Waals surface area contributed by atoms with E-state index >= 15 is 0 Å². The minimum atomic E-state index is -4.28. The van der Waals surface area contributed by atoms with E-state index in [1.807, 2.05) is 26.8 Å². The zero-order chi connectivity index (χ0) is 21.5. The van der Waals surface area contributed by atoms with E-state index in [1.165, 1.54) is 12.1 Å². The summed E-state index contributed by atoms with van der Waals surface area (Å²) in [6.07, 6.45) is 0. The molecule has 0 saturated heterocycles. The molecule has 3 rings (SSSR count). The molecule has 1 aliphatic heterocycles. The standard InChI is InChI=1S/C16H18ClN5O5S2/c1-7-6-12(27-9(7)3)8(2)19-15-16(22-28(24)21-15)20-11-5-4-10(17)14(13(11)23)29(18,25)26/h4-6,8,23H,1-3H3,(H,19,21)(H,20,22)(H2,18,25,26)/t8-,28?/m1/s1. The van der Waals surface area contributed by atoms with Gasteiger partial charge in [-0.25, -0.2) is 17.8 Å². The minimum Gasteiger partial charge on any atom is -0.504 e. The second-order valence-corrected chi connectivity index (χ2v) is 9.04. The summed E-state index contributed by atoms with van der Waals surface area (Å²) in [5.74, 6) is 0.914. The SMILES string of the molecule is Cc1cc([C@@H](C)NC2=NS(=O)N=C2Nc2ccc(Cl)c(S(N)(=O)=O)c2O)oc1C. The largest absolute Gasteiger partial charge is 0.504 e. The van der Waals surface area contributed by atoms with Crippen molar-refractivity contribution in [3.63, 3.8) is 0 Å². The maximum Gasteiger partial charge on any atom is 0.269 e. The Morgan fingerprint density at radius 1 is 1.28 bits per heavy atom. The molecule has 0 saturated carbocycles. The summed E-state index contributed by atoms with van der Waals surface area (Å²) in [6.45, 7) is 5.57. The number of hydrogen-bond acceptors (Lipinski definition) is 7. The molecule has 1 aromatic carbocycles. The Kier molecular flexibility index (Phi) is 5.72. The van der Waals surface area contributed by atoms with E-state index in [-0.39, 0.29) is 28.4 Å². The highest BCUT2D eigenvalue weighted by molar-refractivity contribution is 7.89. The summed E-state index contributed by atoms with van der Waals surface area (Å²) >= 11 is 3.94. The molecule has 13 heteroatoms. The van der Waals surface area contributed by atoms with Gasteiger partial charge in [0.2, 0.25) is 10.0 Å². The number of primary sulfonamides is 1. The monoisotopic (exact) mass is 459 g/mol. The number of aromatic hydroxyl groups is 1. The zero-order valence-electron chi connectivity index (χ0n) is 15.6. The van der Waals surface area contributed by atoms with Gasteiger partial charge in [-0.15, -0.1) is 8.80 Å². The van der Waals surface area contributed by atoms with Crippen molar-refractivity contribution in [3.05, 3.63) is 40.3 Å². The molecule has 10 nitrogen and oxygen atoms in total. The van der Waals surface area contributed by atoms with Crippen molar-refractivity contribution in [1.82, 2.24) is 5.32 Å². The highest BCUT2D eigenvalue weighted by atomic mass is 35.5. The molecule has 156 valence electrons. The van der Waals surface area contributed by atoms with Crippen LogP contribution in [0.1, 0.15) is 30.0 Å². The molecule has 0 fully saturated rings. The van der Waals surface area contributed by atoms with Gasteiger partial charge in [0, 0.05) is 0 Å². The Morgan fingerprint density at radius 3 is 2.52 bits per heavy atom. The molecule has 1 unspecified atom stereocenters. The third-order valence-electron chi connectivity index (χ3n) is 4.15. The number of nitrogens with two attached hydrogens (primary N) is 1. The van der Waals surface area contributed by atoms with Crippen LogP contribution in [0, 0.1) is 13.8 Å². The van der Waals surface area contributed by atoms with Crippen LogP contribution in [0.25, 0.3) is 0 Å². The summed E-state index contributed by atoms with van der Waals surface area (Å²) < 4.78 is 48.6. The summed E-state index contributed by atoms with van der Waals surface area (Å²) in [7, 11) is -4.28. The van der Waals surface area contributed by atoms with E-state index in [4.69, 9.17) is 21.2 Å². The predicted molar refractivity (Wildman–Crippen MR) is 111 cm³/mol. The van der Waals surface area contributed by atoms with E-state index < -0.39 is 31.8 Å². The van der Waals surface area contributed by atoms with Crippen molar-refractivity contribution in [2.45, 2.75) is 31.7 Å². The van der Waals surface area contributed by atoms with Crippen molar-refractivity contribution in [2.24, 2.45) is 13.9 Å². The number of anilines is 1. The topological polar surface area (TPSA) is 159 Å². The molecule has 1 aliphatic rings. The Morgan fingerprint density at radius 2 is 1.93 bits per heavy atom. The van der Waals surface area contributed by atoms with Crippen LogP contribution in [0.15, 0.2) is 36.3 Å². The first-order valence-electron chi connectivity index (χ1n) is 8.22. The Bertz CT molecular complexity index is 1150. The minimum absolute atomic E-state index is 0.0353. The number of nitrogens with zero attached hydrogens (tertiary/aromatic N) is 2. The molecule has 2 atom stereocenters. The number of sulfonamides is 1. The second-order valence-electron chi connectivity index (χ2n) is 6.31. The van der Waals surface area contributed by atoms with Gasteiger partial charge in [-0.3, -0.25) is 0 Å². The molecule has 0 aliphatic carbocycles. The average molecular weight is 460 g/mol. The van der Waals surface area contributed by atoms with E-state index in [1.54, 1.807) is 0 Å². The van der Waals surface area contributed by atoms with Gasteiger partial charge in [0.05, 0.1) is 16.8 Å². The van der Waals surface area contributed by atoms with Crippen molar-refractivity contribution in [3.8, 4) is 5.75 Å². The number of hydrogen-bond donors (Lipinski definition) is 4. The van der Waals surface area contributed by atoms with Gasteiger partial charge in [0.25, 0.3) is 11.2 Å². The molecule has 29 heavy (non-hydrogen) atoms. The molecule has 2 aromatic rings. The van der Waals surface area contributed by atoms with Crippen LogP contribution in [-0.4, -0.2) is 29.4 Å². The highest BCUT2D eigenvalue weighted by Crippen LogP contribution is 2.36. The quantitative estimate of drug-likeness (QED) is 0.509. The molecular formula is C16H18ClN5O5S2. The van der Waals surface area contributed by atoms with Crippen LogP contribution in [-0.2, 0) is 21.2 Å². The molecule has 2 heterocycles. The number of halogens is 1. The van der Waals surface area contributed by atoms with Gasteiger partial charge >= 0.3 is 0 Å². The Balaban J connectivity index is 1.87. The fourth-order valence-electron chi connectivity index (χ4n) is 2.58. The van der Waals surface area contributed by atoms with Gasteiger partial charge in [0.15, 0.2) is 17.4 Å². The molecule has 0 bridgehead atoms. The van der Waals surface area contributed by atoms with Gasteiger partial charge < -0.3 is 20.2 Å². The first kappa shape index (κ1) is 21.3. The lowest BCUT2D eigenvalue weighted by atomic mass is 10.2. The van der Waals surface area contributed by atoms with Crippen molar-refractivity contribution < 1.29 is 22.2 Å². The first-order chi connectivity index (χ1) is 13.5. The van der Waals surface area contributed by atoms with Crippen LogP contribution in [0.5, 0.6) is 5.75 Å². The summed E-state index contributed by atoms with van der Waals surface area (Å²) in [5, 5.41) is 20.9. The molecule has 0 spiro atoms. The molecule has 5 N–H and O–H groups in total. The van der Waals surface area contributed by atoms with Crippen LogP contribution >= 0.6 is 11.6 Å². The number of benzene rings is 1. The Labute approximate surface area is 174 Å². The number of phenols is 1. The van der Waals surface area contributed by atoms with Crippen molar-refractivity contribution in [2.75, 3.05) is 5.32 Å². The third-order valence-corrected chi connectivity index (χ3v) is 6.24. The number of nitrogens with one attached hydrogen (secondary N) is 2. The van der Waals surface area contributed by atoms with Gasteiger partial charge in [-0.1, -0.05) is 11.6 Å². The third kappa shape index (κ3) is 4.45. The normalized spacial score (nSPS) is 17.6. The van der Waals surface area contributed by atoms with E-state index in [0.717, 1.165) is 11.3 Å². The summed E-state index contributed by atoms with van der Waals surface area (Å²) in [4.78, 5) is -0.634. The van der Waals surface area contributed by atoms with Crippen molar-refractivity contribution >= 4 is 50.2 Å². The van der Waals surface area contributed by atoms with Gasteiger partial charge in [0.1, 0.15) is 16.4 Å². The number of aryl methyl sites for hydroxylation is 2. The summed E-state index contributed by atoms with van der Waals surface area (Å²) in [5.41, 5.74) is 0.933. The first-order valence-corrected chi connectivity index (χ1v) is 11.2. The molecule has 1 aromatic heterocycles. The number of phenolic OH excluding ortho intramolecular Hbond substituents is 1. The zero-order valence-corrected chi connectivity index (χ0v) is 17.9. The number of furan rings is 1. The maximum absolute atomic E-state index is 11.8. The molecule has 0 amide bonds. The average Bonchev–Trinajstić information content (AvgIpc) is 3.11. The lowest BCUT2D eigenvalue weighted by Crippen LogP contribution is -2.35. The van der Waals surface area contributed by atoms with E-state index in [0.29, 0.717) is 5.76 Å². The van der Waals surface area contributed by atoms with Crippen LogP contribution in [0.3, 0.4) is 0 Å². The number of amidine groups is 2. The second kappa shape index (κ2) is 7.78. The Hall–Kier alpha value is -2.41. The van der Waals surface area contributed by atoms with Gasteiger partial charge in [-0.2, -0.15) is 0 Å². The van der Waals surface area contributed by atoms with E-state index in [9.17, 15) is 17.7 Å². The van der Waals surface area contributed by atoms with Crippen LogP contribution in [0.4, 0.5) is 5.69 Å². The maximum atomic E-state index is 11.8. The number of rotatable bonds is 4. The lowest BCUT2D eigenvalue weighted by molar-refractivity contribution is 0.443. The molecular weight excluding hydrogens is 442 g/mol. The van der Waals surface area contributed by atoms with Crippen LogP contribution in [0.2, 0.25) is 5.02 Å². The highest BCUT2D eigenvalue weighted by Gasteiger charge is 2.26. The predicted octanol–water partition coefficient (Wildman–Crippen LogP) is 2.05. The van der Waals surface area contributed by atoms with Gasteiger partial charge in [-0.05, 0) is 44.5 Å².